The van der Waals surface area contributed by atoms with Gasteiger partial charge in [0.1, 0.15) is 11.5 Å². The fraction of sp³-hybridized carbons (Fsp3) is 0.300. The highest BCUT2D eigenvalue weighted by Gasteiger charge is 2.21. The normalized spacial score (nSPS) is 15.8. The first-order chi connectivity index (χ1) is 12.2. The van der Waals surface area contributed by atoms with E-state index in [0.29, 0.717) is 23.3 Å². The Bertz CT molecular complexity index is 772. The molecule has 0 saturated carbocycles. The van der Waals surface area contributed by atoms with E-state index in [2.05, 4.69) is 17.4 Å². The minimum absolute atomic E-state index is 0.0162. The summed E-state index contributed by atoms with van der Waals surface area (Å²) in [7, 11) is 1.53. The number of carbonyl (C=O) groups is 2. The Morgan fingerprint density at radius 3 is 2.92 bits per heavy atom. The van der Waals surface area contributed by atoms with Crippen LogP contribution in [-0.2, 0) is 11.2 Å². The molecule has 2 aromatic rings. The van der Waals surface area contributed by atoms with Gasteiger partial charge in [-0.3, -0.25) is 9.59 Å². The van der Waals surface area contributed by atoms with Crippen LogP contribution in [-0.4, -0.2) is 25.9 Å². The van der Waals surface area contributed by atoms with Gasteiger partial charge in [-0.25, -0.2) is 0 Å². The highest BCUT2D eigenvalue weighted by molar-refractivity contribution is 5.81. The van der Waals surface area contributed by atoms with Crippen molar-refractivity contribution in [3.05, 3.63) is 59.2 Å². The lowest BCUT2D eigenvalue weighted by atomic mass is 9.88. The molecule has 0 radical (unpaired) electrons. The number of amides is 1. The van der Waals surface area contributed by atoms with Crippen LogP contribution in [0.25, 0.3) is 0 Å². The summed E-state index contributed by atoms with van der Waals surface area (Å²) in [4.78, 5) is 23.4. The van der Waals surface area contributed by atoms with Crippen LogP contribution in [0.3, 0.4) is 0 Å². The zero-order valence-corrected chi connectivity index (χ0v) is 14.2. The van der Waals surface area contributed by atoms with Gasteiger partial charge in [0.25, 0.3) is 5.91 Å². The molecule has 0 spiro atoms. The number of nitrogens with one attached hydrogen (secondary N) is 1. The Morgan fingerprint density at radius 2 is 2.12 bits per heavy atom. The number of ether oxygens (including phenoxy) is 2. The Hall–Kier alpha value is -2.82. The third-order valence-corrected chi connectivity index (χ3v) is 4.41. The molecule has 1 aliphatic carbocycles. The van der Waals surface area contributed by atoms with E-state index < -0.39 is 0 Å². The van der Waals surface area contributed by atoms with Crippen LogP contribution >= 0.6 is 0 Å². The Morgan fingerprint density at radius 1 is 1.28 bits per heavy atom. The van der Waals surface area contributed by atoms with Crippen molar-refractivity contribution in [1.29, 1.82) is 0 Å². The lowest BCUT2D eigenvalue weighted by Gasteiger charge is -2.26. The number of aldehydes is 1. The molecule has 0 saturated heterocycles. The molecule has 0 bridgehead atoms. The molecule has 0 aliphatic heterocycles. The Kier molecular flexibility index (Phi) is 5.33. The Labute approximate surface area is 147 Å². The standard InChI is InChI=1S/C20H21NO4/c1-24-16-9-10-19(15(11-16)12-22)25-13-20(23)21-18-8-4-6-14-5-2-3-7-17(14)18/h2-3,5,7,9-12,18H,4,6,8,13H2,1H3,(H,21,23)/t18-/m0/s1. The van der Waals surface area contributed by atoms with Crippen LogP contribution in [0, 0.1) is 0 Å². The number of rotatable bonds is 6. The van der Waals surface area contributed by atoms with E-state index in [0.717, 1.165) is 19.3 Å². The summed E-state index contributed by atoms with van der Waals surface area (Å²) in [6.45, 7) is -0.133. The molecule has 0 heterocycles. The van der Waals surface area contributed by atoms with Crippen molar-refractivity contribution in [3.63, 3.8) is 0 Å². The van der Waals surface area contributed by atoms with E-state index in [1.54, 1.807) is 18.2 Å². The van der Waals surface area contributed by atoms with Gasteiger partial charge >= 0.3 is 0 Å². The molecule has 1 atom stereocenters. The molecule has 0 unspecified atom stereocenters. The maximum absolute atomic E-state index is 12.3. The summed E-state index contributed by atoms with van der Waals surface area (Å²) in [6.07, 6.45) is 3.71. The van der Waals surface area contributed by atoms with Crippen LogP contribution in [0.1, 0.15) is 40.4 Å². The van der Waals surface area contributed by atoms with E-state index in [1.807, 2.05) is 12.1 Å². The summed E-state index contributed by atoms with van der Waals surface area (Å²) < 4.78 is 10.6. The Balaban J connectivity index is 1.62. The van der Waals surface area contributed by atoms with Crippen LogP contribution in [0.15, 0.2) is 42.5 Å². The SMILES string of the molecule is COc1ccc(OCC(=O)N[C@H]2CCCc3ccccc32)c(C=O)c1. The summed E-state index contributed by atoms with van der Waals surface area (Å²) >= 11 is 0. The molecule has 5 heteroatoms. The molecular formula is C20H21NO4. The lowest BCUT2D eigenvalue weighted by molar-refractivity contribution is -0.124. The molecule has 1 amide bonds. The van der Waals surface area contributed by atoms with Gasteiger partial charge in [0, 0.05) is 0 Å². The minimum atomic E-state index is -0.200. The van der Waals surface area contributed by atoms with Gasteiger partial charge in [0.05, 0.1) is 18.7 Å². The third kappa shape index (κ3) is 3.99. The second kappa shape index (κ2) is 7.83. The predicted molar refractivity (Wildman–Crippen MR) is 94.1 cm³/mol. The molecule has 3 rings (SSSR count). The first kappa shape index (κ1) is 17.0. The van der Waals surface area contributed by atoms with Crippen LogP contribution in [0.4, 0.5) is 0 Å². The molecule has 0 fully saturated rings. The predicted octanol–water partition coefficient (Wildman–Crippen LogP) is 3.08. The molecule has 25 heavy (non-hydrogen) atoms. The van der Waals surface area contributed by atoms with E-state index >= 15 is 0 Å². The number of fused-ring (bicyclic) bond motifs is 1. The second-order valence-electron chi connectivity index (χ2n) is 6.02. The van der Waals surface area contributed by atoms with Crippen molar-refractivity contribution in [2.75, 3.05) is 13.7 Å². The van der Waals surface area contributed by atoms with Crippen LogP contribution in [0.5, 0.6) is 11.5 Å². The average molecular weight is 339 g/mol. The summed E-state index contributed by atoms with van der Waals surface area (Å²) in [6, 6.07) is 13.1. The van der Waals surface area contributed by atoms with Crippen molar-refractivity contribution in [2.24, 2.45) is 0 Å². The summed E-state index contributed by atoms with van der Waals surface area (Å²) in [5.41, 5.74) is 2.83. The topological polar surface area (TPSA) is 64.6 Å². The van der Waals surface area contributed by atoms with Gasteiger partial charge in [-0.1, -0.05) is 24.3 Å². The van der Waals surface area contributed by atoms with Crippen molar-refractivity contribution in [1.82, 2.24) is 5.32 Å². The maximum atomic E-state index is 12.3. The number of hydrogen-bond donors (Lipinski definition) is 1. The van der Waals surface area contributed by atoms with Crippen molar-refractivity contribution in [3.8, 4) is 11.5 Å². The molecule has 1 aliphatic rings. The zero-order chi connectivity index (χ0) is 17.6. The lowest BCUT2D eigenvalue weighted by Crippen LogP contribution is -2.34. The first-order valence-electron chi connectivity index (χ1n) is 8.34. The van der Waals surface area contributed by atoms with Gasteiger partial charge in [-0.05, 0) is 48.6 Å². The fourth-order valence-corrected chi connectivity index (χ4v) is 3.16. The molecule has 1 N–H and O–H groups in total. The molecule has 2 aromatic carbocycles. The van der Waals surface area contributed by atoms with Crippen molar-refractivity contribution >= 4 is 12.2 Å². The van der Waals surface area contributed by atoms with E-state index in [9.17, 15) is 9.59 Å². The minimum Gasteiger partial charge on any atom is -0.497 e. The maximum Gasteiger partial charge on any atom is 0.258 e. The molecule has 5 nitrogen and oxygen atoms in total. The van der Waals surface area contributed by atoms with E-state index in [4.69, 9.17) is 9.47 Å². The summed E-state index contributed by atoms with van der Waals surface area (Å²) in [5.74, 6) is 0.738. The van der Waals surface area contributed by atoms with Crippen LogP contribution in [0.2, 0.25) is 0 Å². The zero-order valence-electron chi connectivity index (χ0n) is 14.2. The molecular weight excluding hydrogens is 318 g/mol. The first-order valence-corrected chi connectivity index (χ1v) is 8.34. The number of hydrogen-bond acceptors (Lipinski definition) is 4. The number of benzene rings is 2. The highest BCUT2D eigenvalue weighted by atomic mass is 16.5. The highest BCUT2D eigenvalue weighted by Crippen LogP contribution is 2.29. The van der Waals surface area contributed by atoms with Gasteiger partial charge < -0.3 is 14.8 Å². The van der Waals surface area contributed by atoms with Crippen LogP contribution < -0.4 is 14.8 Å². The molecule has 0 aromatic heterocycles. The fourth-order valence-electron chi connectivity index (χ4n) is 3.16. The van der Waals surface area contributed by atoms with E-state index in [1.165, 1.54) is 18.2 Å². The average Bonchev–Trinajstić information content (AvgIpc) is 2.66. The monoisotopic (exact) mass is 339 g/mol. The largest absolute Gasteiger partial charge is 0.497 e. The third-order valence-electron chi connectivity index (χ3n) is 4.41. The quantitative estimate of drug-likeness (QED) is 0.822. The van der Waals surface area contributed by atoms with Gasteiger partial charge in [-0.15, -0.1) is 0 Å². The van der Waals surface area contributed by atoms with Gasteiger partial charge in [-0.2, -0.15) is 0 Å². The smallest absolute Gasteiger partial charge is 0.258 e. The van der Waals surface area contributed by atoms with Gasteiger partial charge in [0.2, 0.25) is 0 Å². The molecule has 130 valence electrons. The van der Waals surface area contributed by atoms with Crippen molar-refractivity contribution < 1.29 is 19.1 Å². The second-order valence-corrected chi connectivity index (χ2v) is 6.02. The van der Waals surface area contributed by atoms with E-state index in [-0.39, 0.29) is 18.6 Å². The number of methoxy groups -OCH3 is 1. The number of carbonyl (C=O) groups excluding carboxylic acids is 2. The van der Waals surface area contributed by atoms with Crippen molar-refractivity contribution in [2.45, 2.75) is 25.3 Å². The van der Waals surface area contributed by atoms with Gasteiger partial charge in [0.15, 0.2) is 12.9 Å². The number of aryl methyl sites for hydroxylation is 1. The summed E-state index contributed by atoms with van der Waals surface area (Å²) in [5, 5.41) is 3.03.